The molecule has 27 heavy (non-hydrogen) atoms. The van der Waals surface area contributed by atoms with Gasteiger partial charge in [-0.2, -0.15) is 0 Å². The van der Waals surface area contributed by atoms with Crippen LogP contribution in [0.25, 0.3) is 0 Å². The van der Waals surface area contributed by atoms with Crippen LogP contribution in [0.4, 0.5) is 0 Å². The zero-order valence-corrected chi connectivity index (χ0v) is 16.0. The second-order valence-corrected chi connectivity index (χ2v) is 8.45. The van der Waals surface area contributed by atoms with Crippen molar-refractivity contribution in [3.63, 3.8) is 0 Å². The van der Waals surface area contributed by atoms with E-state index in [-0.39, 0.29) is 35.5 Å². The van der Waals surface area contributed by atoms with Gasteiger partial charge in [0.25, 0.3) is 0 Å². The van der Waals surface area contributed by atoms with E-state index in [2.05, 4.69) is 0 Å². The SMILES string of the molecule is COC(=O)[C@H]1C[C@H]2C(=CC[C@@H]3C(=O)C=C(C)C(=O)[C@]32C)[C@@H]2[C@H]1C(=O)O[C@H]2C. The van der Waals surface area contributed by atoms with Crippen molar-refractivity contribution in [2.75, 3.05) is 7.11 Å². The molecule has 0 bridgehead atoms. The first-order chi connectivity index (χ1) is 12.7. The molecule has 1 saturated carbocycles. The Bertz CT molecular complexity index is 821. The highest BCUT2D eigenvalue weighted by Crippen LogP contribution is 2.60. The van der Waals surface area contributed by atoms with Crippen molar-refractivity contribution >= 4 is 23.5 Å². The summed E-state index contributed by atoms with van der Waals surface area (Å²) in [5.74, 6) is -3.11. The molecule has 0 unspecified atom stereocenters. The summed E-state index contributed by atoms with van der Waals surface area (Å²) in [4.78, 5) is 50.8. The quantitative estimate of drug-likeness (QED) is 0.517. The van der Waals surface area contributed by atoms with E-state index >= 15 is 0 Å². The Hall–Kier alpha value is -2.24. The van der Waals surface area contributed by atoms with Gasteiger partial charge in [0, 0.05) is 17.3 Å². The van der Waals surface area contributed by atoms with Crippen LogP contribution in [-0.4, -0.2) is 36.7 Å². The Morgan fingerprint density at radius 3 is 2.59 bits per heavy atom. The number of Topliss-reactive ketones (excluding diaryl/α,β-unsaturated/α-hetero) is 1. The van der Waals surface area contributed by atoms with Gasteiger partial charge in [-0.05, 0) is 44.3 Å². The molecule has 1 heterocycles. The Morgan fingerprint density at radius 2 is 1.93 bits per heavy atom. The average Bonchev–Trinajstić information content (AvgIpc) is 2.93. The summed E-state index contributed by atoms with van der Waals surface area (Å²) in [7, 11) is 1.31. The van der Waals surface area contributed by atoms with E-state index in [1.165, 1.54) is 13.2 Å². The van der Waals surface area contributed by atoms with Crippen LogP contribution in [-0.2, 0) is 28.7 Å². The van der Waals surface area contributed by atoms with E-state index in [9.17, 15) is 19.2 Å². The zero-order valence-electron chi connectivity index (χ0n) is 16.0. The van der Waals surface area contributed by atoms with Crippen molar-refractivity contribution < 1.29 is 28.7 Å². The molecule has 1 aliphatic heterocycles. The lowest BCUT2D eigenvalue weighted by Gasteiger charge is -2.52. The predicted octanol–water partition coefficient (Wildman–Crippen LogP) is 2.02. The van der Waals surface area contributed by atoms with Gasteiger partial charge in [-0.3, -0.25) is 19.2 Å². The largest absolute Gasteiger partial charge is 0.469 e. The highest BCUT2D eigenvalue weighted by molar-refractivity contribution is 6.12. The number of carbonyl (C=O) groups is 4. The van der Waals surface area contributed by atoms with Crippen molar-refractivity contribution in [2.24, 2.45) is 35.0 Å². The molecular weight excluding hydrogens is 348 g/mol. The Balaban J connectivity index is 1.86. The number of allylic oxidation sites excluding steroid dienone is 3. The molecule has 0 radical (unpaired) electrons. The van der Waals surface area contributed by atoms with Crippen molar-refractivity contribution in [1.82, 2.24) is 0 Å². The maximum Gasteiger partial charge on any atom is 0.310 e. The van der Waals surface area contributed by atoms with Gasteiger partial charge in [-0.15, -0.1) is 0 Å². The number of fused-ring (bicyclic) bond motifs is 5. The Morgan fingerprint density at radius 1 is 1.22 bits per heavy atom. The lowest BCUT2D eigenvalue weighted by molar-refractivity contribution is -0.158. The summed E-state index contributed by atoms with van der Waals surface area (Å²) in [6.07, 6.45) is 3.89. The molecule has 0 spiro atoms. The number of esters is 2. The molecule has 0 aromatic carbocycles. The van der Waals surface area contributed by atoms with E-state index in [0.717, 1.165) is 5.57 Å². The first-order valence-corrected chi connectivity index (χ1v) is 9.47. The number of ether oxygens (including phenoxy) is 2. The number of rotatable bonds is 1. The lowest BCUT2D eigenvalue weighted by Crippen LogP contribution is -2.55. The summed E-state index contributed by atoms with van der Waals surface area (Å²) < 4.78 is 10.4. The molecule has 1 saturated heterocycles. The molecule has 6 heteroatoms. The summed E-state index contributed by atoms with van der Waals surface area (Å²) in [6, 6.07) is 0. The fourth-order valence-corrected chi connectivity index (χ4v) is 5.97. The van der Waals surface area contributed by atoms with Crippen LogP contribution in [0.3, 0.4) is 0 Å². The minimum atomic E-state index is -0.900. The summed E-state index contributed by atoms with van der Waals surface area (Å²) in [6.45, 7) is 5.35. The first kappa shape index (κ1) is 18.1. The third-order valence-corrected chi connectivity index (χ3v) is 7.27. The lowest BCUT2D eigenvalue weighted by atomic mass is 9.48. The fourth-order valence-electron chi connectivity index (χ4n) is 5.97. The van der Waals surface area contributed by atoms with Crippen molar-refractivity contribution in [1.29, 1.82) is 0 Å². The third kappa shape index (κ3) is 2.25. The molecule has 144 valence electrons. The van der Waals surface area contributed by atoms with Gasteiger partial charge in [0.05, 0.1) is 18.9 Å². The minimum Gasteiger partial charge on any atom is -0.469 e. The predicted molar refractivity (Wildman–Crippen MR) is 94.2 cm³/mol. The van der Waals surface area contributed by atoms with Gasteiger partial charge >= 0.3 is 11.9 Å². The summed E-state index contributed by atoms with van der Waals surface area (Å²) in [5.41, 5.74) is 0.555. The Kier molecular flexibility index (Phi) is 3.95. The standard InChI is InChI=1S/C21H24O6/c1-9-7-15(22)13-6-5-11-14(21(13,3)18(9)23)8-12(19(24)26-4)17-16(11)10(2)27-20(17)25/h5,7,10,12-14,16-17H,6,8H2,1-4H3/t10-,12-,13+,14-,16+,17-,21+/m0/s1. The van der Waals surface area contributed by atoms with Crippen LogP contribution in [0.1, 0.15) is 33.6 Å². The number of cyclic esters (lactones) is 1. The first-order valence-electron chi connectivity index (χ1n) is 9.47. The molecule has 7 atom stereocenters. The highest BCUT2D eigenvalue weighted by Gasteiger charge is 2.63. The number of methoxy groups -OCH3 is 1. The van der Waals surface area contributed by atoms with Crippen molar-refractivity contribution in [3.8, 4) is 0 Å². The molecule has 0 N–H and O–H groups in total. The zero-order chi connectivity index (χ0) is 19.7. The molecule has 0 aromatic rings. The van der Waals surface area contributed by atoms with Gasteiger partial charge in [0.15, 0.2) is 11.6 Å². The normalized spacial score (nSPS) is 43.0. The topological polar surface area (TPSA) is 86.7 Å². The summed E-state index contributed by atoms with van der Waals surface area (Å²) in [5, 5.41) is 0. The Labute approximate surface area is 158 Å². The van der Waals surface area contributed by atoms with Gasteiger partial charge in [-0.1, -0.05) is 18.6 Å². The van der Waals surface area contributed by atoms with E-state index in [0.29, 0.717) is 18.4 Å². The summed E-state index contributed by atoms with van der Waals surface area (Å²) >= 11 is 0. The molecule has 2 fully saturated rings. The van der Waals surface area contributed by atoms with Gasteiger partial charge in [0.2, 0.25) is 0 Å². The van der Waals surface area contributed by atoms with E-state index in [4.69, 9.17) is 9.47 Å². The van der Waals surface area contributed by atoms with E-state index < -0.39 is 29.1 Å². The number of carbonyl (C=O) groups excluding carboxylic acids is 4. The third-order valence-electron chi connectivity index (χ3n) is 7.27. The monoisotopic (exact) mass is 372 g/mol. The van der Waals surface area contributed by atoms with E-state index in [1.807, 2.05) is 19.9 Å². The smallest absolute Gasteiger partial charge is 0.310 e. The van der Waals surface area contributed by atoms with Gasteiger partial charge in [-0.25, -0.2) is 0 Å². The van der Waals surface area contributed by atoms with Gasteiger partial charge < -0.3 is 9.47 Å². The number of hydrogen-bond acceptors (Lipinski definition) is 6. The molecular formula is C21H24O6. The maximum absolute atomic E-state index is 13.2. The molecule has 4 aliphatic rings. The van der Waals surface area contributed by atoms with Crippen LogP contribution < -0.4 is 0 Å². The average molecular weight is 372 g/mol. The molecule has 0 aromatic heterocycles. The van der Waals surface area contributed by atoms with Gasteiger partial charge in [0.1, 0.15) is 6.10 Å². The van der Waals surface area contributed by atoms with Crippen LogP contribution in [0.15, 0.2) is 23.3 Å². The number of ketones is 2. The molecule has 3 aliphatic carbocycles. The van der Waals surface area contributed by atoms with Crippen molar-refractivity contribution in [3.05, 3.63) is 23.3 Å². The second kappa shape index (κ2) is 5.88. The molecule has 0 amide bonds. The van der Waals surface area contributed by atoms with E-state index in [1.54, 1.807) is 6.92 Å². The molecule has 4 rings (SSSR count). The van der Waals surface area contributed by atoms with Crippen LogP contribution in [0, 0.1) is 35.0 Å². The van der Waals surface area contributed by atoms with Crippen LogP contribution in [0.5, 0.6) is 0 Å². The van der Waals surface area contributed by atoms with Crippen molar-refractivity contribution in [2.45, 2.75) is 39.7 Å². The number of hydrogen-bond donors (Lipinski definition) is 0. The molecule has 6 nitrogen and oxygen atoms in total. The van der Waals surface area contributed by atoms with Crippen LogP contribution >= 0.6 is 0 Å². The fraction of sp³-hybridized carbons (Fsp3) is 0.619. The highest BCUT2D eigenvalue weighted by atomic mass is 16.6. The minimum absolute atomic E-state index is 0.0339. The second-order valence-electron chi connectivity index (χ2n) is 8.45. The maximum atomic E-state index is 13.2. The van der Waals surface area contributed by atoms with Crippen LogP contribution in [0.2, 0.25) is 0 Å².